The van der Waals surface area contributed by atoms with Crippen LogP contribution in [0.4, 0.5) is 11.6 Å². The molecule has 2 fully saturated rings. The van der Waals surface area contributed by atoms with Crippen molar-refractivity contribution in [2.24, 2.45) is 0 Å². The summed E-state index contributed by atoms with van der Waals surface area (Å²) in [5, 5.41) is 3.22. The van der Waals surface area contributed by atoms with Gasteiger partial charge < -0.3 is 15.1 Å². The lowest BCUT2D eigenvalue weighted by molar-refractivity contribution is 0.346. The predicted octanol–water partition coefficient (Wildman–Crippen LogP) is 2.24. The van der Waals surface area contributed by atoms with Crippen molar-refractivity contribution in [1.82, 2.24) is 14.9 Å². The summed E-state index contributed by atoms with van der Waals surface area (Å²) in [4.78, 5) is 14.4. The zero-order chi connectivity index (χ0) is 14.8. The van der Waals surface area contributed by atoms with Crippen molar-refractivity contribution in [3.05, 3.63) is 11.4 Å². The van der Waals surface area contributed by atoms with Gasteiger partial charge in [0.1, 0.15) is 17.5 Å². The molecule has 0 amide bonds. The fourth-order valence-electron chi connectivity index (χ4n) is 3.06. The number of nitrogens with zero attached hydrogens (tertiary/aromatic N) is 4. The Morgan fingerprint density at radius 2 is 1.95 bits per heavy atom. The van der Waals surface area contributed by atoms with Crippen LogP contribution >= 0.6 is 0 Å². The third kappa shape index (κ3) is 3.28. The highest BCUT2D eigenvalue weighted by atomic mass is 15.2. The lowest BCUT2D eigenvalue weighted by Gasteiger charge is -2.24. The van der Waals surface area contributed by atoms with Crippen LogP contribution in [0.25, 0.3) is 0 Å². The lowest BCUT2D eigenvalue weighted by atomic mass is 10.2. The molecule has 5 nitrogen and oxygen atoms in total. The van der Waals surface area contributed by atoms with Gasteiger partial charge in [-0.1, -0.05) is 0 Å². The van der Waals surface area contributed by atoms with Gasteiger partial charge in [-0.25, -0.2) is 9.97 Å². The summed E-state index contributed by atoms with van der Waals surface area (Å²) in [7, 11) is 4.10. The van der Waals surface area contributed by atoms with E-state index < -0.39 is 0 Å². The smallest absolute Gasteiger partial charge is 0.137 e. The number of likely N-dealkylation sites (tertiary alicyclic amines) is 1. The number of aromatic nitrogens is 2. The number of rotatable bonds is 6. The van der Waals surface area contributed by atoms with Crippen LogP contribution in [-0.2, 0) is 0 Å². The fraction of sp³-hybridized carbons (Fsp3) is 0.750. The molecule has 0 aromatic carbocycles. The highest BCUT2D eigenvalue weighted by Crippen LogP contribution is 2.39. The van der Waals surface area contributed by atoms with E-state index in [0.29, 0.717) is 5.92 Å². The zero-order valence-corrected chi connectivity index (χ0v) is 13.5. The van der Waals surface area contributed by atoms with E-state index in [1.807, 2.05) is 7.05 Å². The van der Waals surface area contributed by atoms with Crippen LogP contribution in [0.3, 0.4) is 0 Å². The van der Waals surface area contributed by atoms with Gasteiger partial charge in [0.15, 0.2) is 0 Å². The Morgan fingerprint density at radius 3 is 2.57 bits per heavy atom. The molecule has 3 rings (SSSR count). The van der Waals surface area contributed by atoms with Crippen molar-refractivity contribution in [2.75, 3.05) is 50.5 Å². The first-order chi connectivity index (χ1) is 10.2. The highest BCUT2D eigenvalue weighted by Gasteiger charge is 2.28. The van der Waals surface area contributed by atoms with Crippen LogP contribution in [0, 0.1) is 6.92 Å². The van der Waals surface area contributed by atoms with Gasteiger partial charge in [-0.05, 0) is 45.7 Å². The van der Waals surface area contributed by atoms with Crippen LogP contribution in [0.2, 0.25) is 0 Å². The largest absolute Gasteiger partial charge is 0.373 e. The minimum absolute atomic E-state index is 0.587. The Hall–Kier alpha value is -1.36. The maximum Gasteiger partial charge on any atom is 0.137 e. The van der Waals surface area contributed by atoms with Crippen molar-refractivity contribution in [3.63, 3.8) is 0 Å². The average molecular weight is 289 g/mol. The third-order valence-electron chi connectivity index (χ3n) is 4.63. The molecule has 1 saturated carbocycles. The van der Waals surface area contributed by atoms with E-state index in [0.717, 1.165) is 36.1 Å². The summed E-state index contributed by atoms with van der Waals surface area (Å²) in [6.07, 6.45) is 5.18. The lowest BCUT2D eigenvalue weighted by Crippen LogP contribution is -2.32. The summed E-state index contributed by atoms with van der Waals surface area (Å²) < 4.78 is 0. The van der Waals surface area contributed by atoms with E-state index in [1.54, 1.807) is 0 Å². The minimum Gasteiger partial charge on any atom is -0.373 e. The van der Waals surface area contributed by atoms with E-state index >= 15 is 0 Å². The summed E-state index contributed by atoms with van der Waals surface area (Å²) in [5.74, 6) is 3.68. The Balaban J connectivity index is 1.73. The van der Waals surface area contributed by atoms with Gasteiger partial charge in [0.05, 0.1) is 0 Å². The first kappa shape index (κ1) is 14.6. The molecule has 1 aromatic rings. The maximum atomic E-state index is 4.84. The van der Waals surface area contributed by atoms with Crippen molar-refractivity contribution in [2.45, 2.75) is 38.5 Å². The molecule has 0 bridgehead atoms. The molecule has 21 heavy (non-hydrogen) atoms. The van der Waals surface area contributed by atoms with Gasteiger partial charge in [-0.3, -0.25) is 0 Å². The first-order valence-corrected chi connectivity index (χ1v) is 8.19. The molecule has 0 atom stereocenters. The number of hydrogen-bond donors (Lipinski definition) is 1. The van der Waals surface area contributed by atoms with Crippen LogP contribution in [0.5, 0.6) is 0 Å². The highest BCUT2D eigenvalue weighted by molar-refractivity contribution is 5.58. The van der Waals surface area contributed by atoms with Crippen molar-refractivity contribution in [1.29, 1.82) is 0 Å². The number of likely N-dealkylation sites (N-methyl/N-ethyl adjacent to an activating group) is 1. The van der Waals surface area contributed by atoms with Gasteiger partial charge in [0.25, 0.3) is 0 Å². The van der Waals surface area contributed by atoms with E-state index in [2.05, 4.69) is 34.1 Å². The maximum absolute atomic E-state index is 4.84. The Morgan fingerprint density at radius 1 is 1.24 bits per heavy atom. The molecule has 1 saturated heterocycles. The van der Waals surface area contributed by atoms with Crippen molar-refractivity contribution >= 4 is 11.6 Å². The Labute approximate surface area is 127 Å². The number of nitrogens with one attached hydrogen (secondary N) is 1. The van der Waals surface area contributed by atoms with Crippen LogP contribution in [0.1, 0.15) is 43.0 Å². The van der Waals surface area contributed by atoms with Gasteiger partial charge in [-0.2, -0.15) is 0 Å². The first-order valence-electron chi connectivity index (χ1n) is 8.19. The standard InChI is InChI=1S/C16H27N5/c1-12-14(17-2)18-15(13-6-7-13)19-16(12)20(3)10-11-21-8-4-5-9-21/h13H,4-11H2,1-3H3,(H,17,18,19). The molecule has 0 radical (unpaired) electrons. The predicted molar refractivity (Wildman–Crippen MR) is 87.2 cm³/mol. The van der Waals surface area contributed by atoms with Crippen LogP contribution in [0.15, 0.2) is 0 Å². The topological polar surface area (TPSA) is 44.3 Å². The third-order valence-corrected chi connectivity index (χ3v) is 4.63. The fourth-order valence-corrected chi connectivity index (χ4v) is 3.06. The van der Waals surface area contributed by atoms with Gasteiger partial charge in [-0.15, -0.1) is 0 Å². The molecular formula is C16H27N5. The second kappa shape index (κ2) is 6.18. The van der Waals surface area contributed by atoms with Crippen LogP contribution in [-0.4, -0.2) is 55.1 Å². The summed E-state index contributed by atoms with van der Waals surface area (Å²) in [5.41, 5.74) is 1.16. The molecule has 0 spiro atoms. The molecule has 116 valence electrons. The average Bonchev–Trinajstić information content (AvgIpc) is 3.21. The number of anilines is 2. The molecule has 5 heteroatoms. The molecule has 1 aliphatic heterocycles. The van der Waals surface area contributed by atoms with Gasteiger partial charge >= 0.3 is 0 Å². The second-order valence-electron chi connectivity index (χ2n) is 6.37. The molecule has 0 unspecified atom stereocenters. The normalized spacial score (nSPS) is 19.0. The summed E-state index contributed by atoms with van der Waals surface area (Å²) in [6, 6.07) is 0. The Bertz CT molecular complexity index is 492. The quantitative estimate of drug-likeness (QED) is 0.870. The molecule has 2 heterocycles. The monoisotopic (exact) mass is 289 g/mol. The van der Waals surface area contributed by atoms with Crippen LogP contribution < -0.4 is 10.2 Å². The minimum atomic E-state index is 0.587. The van der Waals surface area contributed by atoms with E-state index in [1.165, 1.54) is 38.8 Å². The van der Waals surface area contributed by atoms with Gasteiger partial charge in [0, 0.05) is 38.7 Å². The Kier molecular flexibility index (Phi) is 4.29. The molecule has 2 aliphatic rings. The molecule has 1 N–H and O–H groups in total. The van der Waals surface area contributed by atoms with Gasteiger partial charge in [0.2, 0.25) is 0 Å². The molecular weight excluding hydrogens is 262 g/mol. The van der Waals surface area contributed by atoms with E-state index in [-0.39, 0.29) is 0 Å². The van der Waals surface area contributed by atoms with E-state index in [4.69, 9.17) is 4.98 Å². The molecule has 1 aliphatic carbocycles. The summed E-state index contributed by atoms with van der Waals surface area (Å²) in [6.45, 7) is 6.79. The van der Waals surface area contributed by atoms with Crippen molar-refractivity contribution < 1.29 is 0 Å². The summed E-state index contributed by atoms with van der Waals surface area (Å²) >= 11 is 0. The zero-order valence-electron chi connectivity index (χ0n) is 13.5. The van der Waals surface area contributed by atoms with E-state index in [9.17, 15) is 0 Å². The second-order valence-corrected chi connectivity index (χ2v) is 6.37. The molecule has 1 aromatic heterocycles. The number of hydrogen-bond acceptors (Lipinski definition) is 5. The van der Waals surface area contributed by atoms with Crippen molar-refractivity contribution in [3.8, 4) is 0 Å². The SMILES string of the molecule is CNc1nc(C2CC2)nc(N(C)CCN2CCCC2)c1C.